The van der Waals surface area contributed by atoms with Crippen molar-refractivity contribution in [2.45, 2.75) is 20.1 Å². The van der Waals surface area contributed by atoms with Crippen molar-refractivity contribution < 1.29 is 9.53 Å². The Balaban J connectivity index is 1.58. The van der Waals surface area contributed by atoms with Crippen LogP contribution in [0.25, 0.3) is 0 Å². The third-order valence-corrected chi connectivity index (χ3v) is 4.03. The largest absolute Gasteiger partial charge is 0.471 e. The average molecular weight is 356 g/mol. The number of nitrogens with one attached hydrogen (secondary N) is 1. The van der Waals surface area contributed by atoms with E-state index in [9.17, 15) is 4.79 Å². The number of anilines is 1. The number of hydrogen-bond acceptors (Lipinski definition) is 3. The van der Waals surface area contributed by atoms with E-state index in [0.717, 1.165) is 12.2 Å². The van der Waals surface area contributed by atoms with Gasteiger partial charge in [0.1, 0.15) is 5.75 Å². The number of rotatable bonds is 6. The van der Waals surface area contributed by atoms with Gasteiger partial charge in [0.05, 0.1) is 28.7 Å². The molecule has 0 bridgehead atoms. The van der Waals surface area contributed by atoms with E-state index in [2.05, 4.69) is 17.3 Å². The van der Waals surface area contributed by atoms with Gasteiger partial charge in [0.2, 0.25) is 0 Å². The van der Waals surface area contributed by atoms with E-state index >= 15 is 0 Å². The van der Waals surface area contributed by atoms with Gasteiger partial charge >= 0.3 is 0 Å². The molecule has 0 aliphatic rings. The lowest BCUT2D eigenvalue weighted by Gasteiger charge is -2.07. The lowest BCUT2D eigenvalue weighted by Crippen LogP contribution is -2.12. The molecule has 25 heavy (non-hydrogen) atoms. The smallest absolute Gasteiger partial charge is 0.257 e. The molecule has 0 fully saturated rings. The van der Waals surface area contributed by atoms with Crippen molar-refractivity contribution >= 4 is 23.2 Å². The highest BCUT2D eigenvalue weighted by atomic mass is 35.5. The molecule has 3 rings (SSSR count). The van der Waals surface area contributed by atoms with E-state index in [0.29, 0.717) is 16.3 Å². The molecule has 1 aromatic heterocycles. The van der Waals surface area contributed by atoms with Crippen LogP contribution in [-0.4, -0.2) is 15.7 Å². The molecule has 128 valence electrons. The summed E-state index contributed by atoms with van der Waals surface area (Å²) in [5, 5.41) is 7.36. The molecule has 1 N–H and O–H groups in total. The molecule has 1 heterocycles. The highest BCUT2D eigenvalue weighted by molar-refractivity contribution is 6.34. The molecule has 5 nitrogen and oxygen atoms in total. The summed E-state index contributed by atoms with van der Waals surface area (Å²) in [6.45, 7) is 2.37. The van der Waals surface area contributed by atoms with E-state index in [-0.39, 0.29) is 12.6 Å². The third kappa shape index (κ3) is 4.39. The van der Waals surface area contributed by atoms with Crippen LogP contribution in [-0.2, 0) is 13.2 Å². The molecule has 0 aliphatic carbocycles. The Bertz CT molecular complexity index is 859. The molecule has 3 aromatic rings. The Morgan fingerprint density at radius 3 is 2.68 bits per heavy atom. The van der Waals surface area contributed by atoms with Gasteiger partial charge in [-0.25, -0.2) is 4.68 Å². The monoisotopic (exact) mass is 355 g/mol. The second-order valence-electron chi connectivity index (χ2n) is 5.47. The average Bonchev–Trinajstić information content (AvgIpc) is 3.08. The van der Waals surface area contributed by atoms with Gasteiger partial charge in [-0.1, -0.05) is 42.8 Å². The van der Waals surface area contributed by atoms with Crippen molar-refractivity contribution in [1.82, 2.24) is 9.78 Å². The molecule has 0 aliphatic heterocycles. The minimum Gasteiger partial charge on any atom is -0.471 e. The van der Waals surface area contributed by atoms with Crippen molar-refractivity contribution in [2.24, 2.45) is 0 Å². The van der Waals surface area contributed by atoms with Crippen LogP contribution in [0.1, 0.15) is 22.8 Å². The van der Waals surface area contributed by atoms with E-state index in [4.69, 9.17) is 16.3 Å². The number of carbonyl (C=O) groups is 1. The fourth-order valence-electron chi connectivity index (χ4n) is 2.30. The van der Waals surface area contributed by atoms with Crippen LogP contribution in [0.2, 0.25) is 5.02 Å². The SMILES string of the molecule is CCc1ccc(OCn2cc(NC(=O)c3ccccc3Cl)cn2)cc1. The summed E-state index contributed by atoms with van der Waals surface area (Å²) in [5.74, 6) is 0.496. The van der Waals surface area contributed by atoms with Gasteiger partial charge in [0.15, 0.2) is 6.73 Å². The molecule has 6 heteroatoms. The number of hydrogen-bond donors (Lipinski definition) is 1. The molecule has 0 atom stereocenters. The first-order chi connectivity index (χ1) is 12.2. The maximum Gasteiger partial charge on any atom is 0.257 e. The summed E-state index contributed by atoms with van der Waals surface area (Å²) in [4.78, 5) is 12.2. The standard InChI is InChI=1S/C19H18ClN3O2/c1-2-14-7-9-16(10-8-14)25-13-23-12-15(11-21-23)22-19(24)17-5-3-4-6-18(17)20/h3-12H,2,13H2,1H3,(H,22,24). The topological polar surface area (TPSA) is 56.1 Å². The number of nitrogens with zero attached hydrogens (tertiary/aromatic N) is 2. The van der Waals surface area contributed by atoms with Gasteiger partial charge in [0.25, 0.3) is 5.91 Å². The summed E-state index contributed by atoms with van der Waals surface area (Å²) < 4.78 is 7.29. The van der Waals surface area contributed by atoms with Gasteiger partial charge < -0.3 is 10.1 Å². The van der Waals surface area contributed by atoms with E-state index in [1.165, 1.54) is 5.56 Å². The molecule has 1 amide bonds. The predicted octanol–water partition coefficient (Wildman–Crippen LogP) is 4.39. The molecule has 0 spiro atoms. The zero-order valence-electron chi connectivity index (χ0n) is 13.8. The summed E-state index contributed by atoms with van der Waals surface area (Å²) in [6, 6.07) is 14.8. The number of benzene rings is 2. The van der Waals surface area contributed by atoms with Gasteiger partial charge in [0, 0.05) is 0 Å². The van der Waals surface area contributed by atoms with Crippen molar-refractivity contribution in [3.05, 3.63) is 77.1 Å². The molecule has 0 unspecified atom stereocenters. The van der Waals surface area contributed by atoms with Gasteiger partial charge in [-0.2, -0.15) is 5.10 Å². The van der Waals surface area contributed by atoms with E-state index in [1.54, 1.807) is 41.3 Å². The summed E-state index contributed by atoms with van der Waals surface area (Å²) in [6.07, 6.45) is 4.27. The molecular weight excluding hydrogens is 338 g/mol. The second-order valence-corrected chi connectivity index (χ2v) is 5.88. The summed E-state index contributed by atoms with van der Waals surface area (Å²) in [5.41, 5.74) is 2.26. The van der Waals surface area contributed by atoms with Gasteiger partial charge in [-0.15, -0.1) is 0 Å². The lowest BCUT2D eigenvalue weighted by atomic mass is 10.2. The molecule has 0 saturated heterocycles. The van der Waals surface area contributed by atoms with E-state index in [1.807, 2.05) is 24.3 Å². The van der Waals surface area contributed by atoms with Gasteiger partial charge in [-0.3, -0.25) is 4.79 Å². The lowest BCUT2D eigenvalue weighted by molar-refractivity contribution is 0.102. The van der Waals surface area contributed by atoms with E-state index < -0.39 is 0 Å². The zero-order valence-corrected chi connectivity index (χ0v) is 14.5. The first-order valence-corrected chi connectivity index (χ1v) is 8.33. The first kappa shape index (κ1) is 17.0. The van der Waals surface area contributed by atoms with Crippen molar-refractivity contribution in [2.75, 3.05) is 5.32 Å². The number of ether oxygens (including phenoxy) is 1. The normalized spacial score (nSPS) is 10.5. The zero-order chi connectivity index (χ0) is 17.6. The number of amides is 1. The maximum atomic E-state index is 12.2. The van der Waals surface area contributed by atoms with Gasteiger partial charge in [-0.05, 0) is 36.2 Å². The first-order valence-electron chi connectivity index (χ1n) is 7.96. The Hall–Kier alpha value is -2.79. The summed E-state index contributed by atoms with van der Waals surface area (Å²) in [7, 11) is 0. The van der Waals surface area contributed by atoms with Crippen LogP contribution in [0, 0.1) is 0 Å². The van der Waals surface area contributed by atoms with Crippen molar-refractivity contribution in [3.8, 4) is 5.75 Å². The van der Waals surface area contributed by atoms with Crippen LogP contribution in [0.3, 0.4) is 0 Å². The second kappa shape index (κ2) is 7.85. The number of aromatic nitrogens is 2. The molecule has 2 aromatic carbocycles. The fourth-order valence-corrected chi connectivity index (χ4v) is 2.53. The van der Waals surface area contributed by atoms with Crippen LogP contribution < -0.4 is 10.1 Å². The number of halogens is 1. The molecule has 0 radical (unpaired) electrons. The number of aryl methyl sites for hydroxylation is 1. The Morgan fingerprint density at radius 2 is 1.96 bits per heavy atom. The summed E-state index contributed by atoms with van der Waals surface area (Å²) >= 11 is 6.03. The molecular formula is C19H18ClN3O2. The maximum absolute atomic E-state index is 12.2. The minimum atomic E-state index is -0.277. The minimum absolute atomic E-state index is 0.257. The van der Waals surface area contributed by atoms with Crippen LogP contribution >= 0.6 is 11.6 Å². The van der Waals surface area contributed by atoms with Crippen LogP contribution in [0.15, 0.2) is 60.9 Å². The highest BCUT2D eigenvalue weighted by Crippen LogP contribution is 2.17. The highest BCUT2D eigenvalue weighted by Gasteiger charge is 2.10. The third-order valence-electron chi connectivity index (χ3n) is 3.70. The fraction of sp³-hybridized carbons (Fsp3) is 0.158. The molecule has 0 saturated carbocycles. The quantitative estimate of drug-likeness (QED) is 0.713. The van der Waals surface area contributed by atoms with Crippen LogP contribution in [0.5, 0.6) is 5.75 Å². The number of carbonyl (C=O) groups excluding carboxylic acids is 1. The Labute approximate surface area is 151 Å². The predicted molar refractivity (Wildman–Crippen MR) is 98.1 cm³/mol. The Kier molecular flexibility index (Phi) is 5.36. The van der Waals surface area contributed by atoms with Crippen molar-refractivity contribution in [3.63, 3.8) is 0 Å². The van der Waals surface area contributed by atoms with Crippen molar-refractivity contribution in [1.29, 1.82) is 0 Å². The Morgan fingerprint density at radius 1 is 1.20 bits per heavy atom. The van der Waals surface area contributed by atoms with Crippen LogP contribution in [0.4, 0.5) is 5.69 Å².